The third-order valence-corrected chi connectivity index (χ3v) is 7.76. The predicted octanol–water partition coefficient (Wildman–Crippen LogP) is 3.73. The molecule has 0 saturated carbocycles. The summed E-state index contributed by atoms with van der Waals surface area (Å²) in [7, 11) is -4.37. The SMILES string of the molecule is COCCCN1C(=O)COc2ccc(COC3CN(C(=O)O)CCC3c3ccccc3OS(=O)(=O)C(F)(F)F)cc21. The zero-order valence-corrected chi connectivity index (χ0v) is 22.8. The molecular formula is C26H29F3N2O9S. The third kappa shape index (κ3) is 7.02. The van der Waals surface area contributed by atoms with Gasteiger partial charge in [0.2, 0.25) is 0 Å². The van der Waals surface area contributed by atoms with E-state index in [0.717, 1.165) is 11.0 Å². The second-order valence-corrected chi connectivity index (χ2v) is 11.0. The number of benzene rings is 2. The van der Waals surface area contributed by atoms with E-state index in [0.29, 0.717) is 36.6 Å². The summed E-state index contributed by atoms with van der Waals surface area (Å²) in [6.45, 7) is 0.664. The zero-order chi connectivity index (χ0) is 29.8. The fraction of sp³-hybridized carbons (Fsp3) is 0.462. The van der Waals surface area contributed by atoms with Crippen LogP contribution in [0.25, 0.3) is 0 Å². The largest absolute Gasteiger partial charge is 0.534 e. The lowest BCUT2D eigenvalue weighted by atomic mass is 9.86. The van der Waals surface area contributed by atoms with Crippen molar-refractivity contribution in [2.45, 2.75) is 37.0 Å². The number of halogens is 3. The Balaban J connectivity index is 1.58. The number of carbonyl (C=O) groups excluding carboxylic acids is 1. The number of rotatable bonds is 10. The highest BCUT2D eigenvalue weighted by atomic mass is 32.2. The van der Waals surface area contributed by atoms with Crippen molar-refractivity contribution in [1.29, 1.82) is 0 Å². The Morgan fingerprint density at radius 1 is 1.20 bits per heavy atom. The molecule has 2 unspecified atom stereocenters. The van der Waals surface area contributed by atoms with Crippen LogP contribution in [0.4, 0.5) is 23.7 Å². The summed E-state index contributed by atoms with van der Waals surface area (Å²) in [5.41, 5.74) is -4.31. The highest BCUT2D eigenvalue weighted by Gasteiger charge is 2.49. The minimum absolute atomic E-state index is 0.0358. The minimum Gasteiger partial charge on any atom is -0.482 e. The van der Waals surface area contributed by atoms with Gasteiger partial charge < -0.3 is 33.3 Å². The molecule has 0 spiro atoms. The van der Waals surface area contributed by atoms with E-state index in [1.54, 1.807) is 30.2 Å². The molecule has 2 atom stereocenters. The molecule has 0 radical (unpaired) electrons. The highest BCUT2D eigenvalue weighted by Crippen LogP contribution is 2.39. The second kappa shape index (κ2) is 12.5. The molecule has 0 aromatic heterocycles. The normalized spacial score (nSPS) is 19.5. The Morgan fingerprint density at radius 2 is 1.95 bits per heavy atom. The Labute approximate surface area is 234 Å². The van der Waals surface area contributed by atoms with Gasteiger partial charge in [0.25, 0.3) is 5.91 Å². The van der Waals surface area contributed by atoms with Crippen molar-refractivity contribution in [3.05, 3.63) is 53.6 Å². The predicted molar refractivity (Wildman–Crippen MR) is 138 cm³/mol. The number of para-hydroxylation sites is 1. The van der Waals surface area contributed by atoms with Crippen LogP contribution in [-0.4, -0.2) is 82.0 Å². The molecule has 2 aliphatic heterocycles. The first kappa shape index (κ1) is 30.4. The van der Waals surface area contributed by atoms with E-state index in [-0.39, 0.29) is 44.2 Å². The molecule has 11 nitrogen and oxygen atoms in total. The fourth-order valence-electron chi connectivity index (χ4n) is 4.80. The minimum atomic E-state index is -5.93. The lowest BCUT2D eigenvalue weighted by Gasteiger charge is -2.38. The van der Waals surface area contributed by atoms with Crippen molar-refractivity contribution in [3.8, 4) is 11.5 Å². The number of hydrogen-bond acceptors (Lipinski definition) is 8. The number of fused-ring (bicyclic) bond motifs is 1. The molecule has 2 amide bonds. The molecule has 0 bridgehead atoms. The summed E-state index contributed by atoms with van der Waals surface area (Å²) in [4.78, 5) is 26.9. The van der Waals surface area contributed by atoms with Gasteiger partial charge in [-0.3, -0.25) is 4.79 Å². The number of carboxylic acid groups (broad SMARTS) is 1. The molecule has 4 rings (SSSR count). The van der Waals surface area contributed by atoms with E-state index in [9.17, 15) is 36.3 Å². The number of alkyl halides is 3. The summed E-state index contributed by atoms with van der Waals surface area (Å²) < 4.78 is 83.7. The van der Waals surface area contributed by atoms with Crippen LogP contribution in [0, 0.1) is 0 Å². The number of methoxy groups -OCH3 is 1. The van der Waals surface area contributed by atoms with E-state index in [1.165, 1.54) is 18.2 Å². The van der Waals surface area contributed by atoms with Crippen LogP contribution in [0.2, 0.25) is 0 Å². The van der Waals surface area contributed by atoms with Crippen LogP contribution in [0.1, 0.15) is 29.9 Å². The first-order valence-electron chi connectivity index (χ1n) is 12.7. The summed E-state index contributed by atoms with van der Waals surface area (Å²) in [6, 6.07) is 10.5. The molecule has 2 aliphatic rings. The first-order chi connectivity index (χ1) is 19.4. The lowest BCUT2D eigenvalue weighted by molar-refractivity contribution is -0.121. The number of nitrogens with zero attached hydrogens (tertiary/aromatic N) is 2. The molecule has 0 aliphatic carbocycles. The quantitative estimate of drug-likeness (QED) is 0.246. The van der Waals surface area contributed by atoms with E-state index in [2.05, 4.69) is 4.18 Å². The van der Waals surface area contributed by atoms with Gasteiger partial charge >= 0.3 is 21.7 Å². The third-order valence-electron chi connectivity index (χ3n) is 6.79. The summed E-state index contributed by atoms with van der Waals surface area (Å²) >= 11 is 0. The number of carbonyl (C=O) groups is 2. The van der Waals surface area contributed by atoms with Crippen LogP contribution in [-0.2, 0) is 31.0 Å². The standard InChI is InChI=1S/C26H29F3N2O9S/c1-37-12-4-10-31-20-13-17(7-8-22(20)39-16-24(31)32)15-38-23-14-30(25(33)34)11-9-19(23)18-5-2-3-6-21(18)40-41(35,36)26(27,28)29/h2-3,5-8,13,19,23H,4,9-12,14-16H2,1H3,(H,33,34). The number of hydrogen-bond donors (Lipinski definition) is 1. The van der Waals surface area contributed by atoms with E-state index >= 15 is 0 Å². The monoisotopic (exact) mass is 602 g/mol. The van der Waals surface area contributed by atoms with Crippen LogP contribution >= 0.6 is 0 Å². The molecule has 1 saturated heterocycles. The molecule has 2 aromatic carbocycles. The van der Waals surface area contributed by atoms with Gasteiger partial charge in [-0.25, -0.2) is 4.79 Å². The molecule has 15 heteroatoms. The van der Waals surface area contributed by atoms with Gasteiger partial charge in [-0.2, -0.15) is 21.6 Å². The van der Waals surface area contributed by atoms with E-state index < -0.39 is 39.5 Å². The lowest BCUT2D eigenvalue weighted by Crippen LogP contribution is -2.46. The molecule has 2 heterocycles. The van der Waals surface area contributed by atoms with Crippen LogP contribution < -0.4 is 13.8 Å². The second-order valence-electron chi connectivity index (χ2n) is 9.48. The Hall–Kier alpha value is -3.56. The van der Waals surface area contributed by atoms with Crippen molar-refractivity contribution in [2.24, 2.45) is 0 Å². The maximum absolute atomic E-state index is 13.0. The smallest absolute Gasteiger partial charge is 0.482 e. The number of likely N-dealkylation sites (tertiary alicyclic amines) is 1. The summed E-state index contributed by atoms with van der Waals surface area (Å²) in [5.74, 6) is -0.904. The van der Waals surface area contributed by atoms with Crippen molar-refractivity contribution in [2.75, 3.05) is 44.9 Å². The number of ether oxygens (including phenoxy) is 3. The van der Waals surface area contributed by atoms with Gasteiger partial charge in [0, 0.05) is 38.3 Å². The fourth-order valence-corrected chi connectivity index (χ4v) is 5.28. The van der Waals surface area contributed by atoms with Gasteiger partial charge in [0.05, 0.1) is 24.9 Å². The average molecular weight is 603 g/mol. The highest BCUT2D eigenvalue weighted by molar-refractivity contribution is 7.88. The van der Waals surface area contributed by atoms with Crippen LogP contribution in [0.5, 0.6) is 11.5 Å². The van der Waals surface area contributed by atoms with Gasteiger partial charge in [0.15, 0.2) is 6.61 Å². The maximum atomic E-state index is 13.0. The van der Waals surface area contributed by atoms with Gasteiger partial charge in [-0.05, 0) is 36.6 Å². The van der Waals surface area contributed by atoms with Gasteiger partial charge in [-0.1, -0.05) is 24.3 Å². The summed E-state index contributed by atoms with van der Waals surface area (Å²) in [6.07, 6.45) is -1.31. The first-order valence-corrected chi connectivity index (χ1v) is 14.1. The number of anilines is 1. The van der Waals surface area contributed by atoms with Crippen LogP contribution in [0.3, 0.4) is 0 Å². The number of piperidine rings is 1. The zero-order valence-electron chi connectivity index (χ0n) is 22.0. The maximum Gasteiger partial charge on any atom is 0.534 e. The average Bonchev–Trinajstić information content (AvgIpc) is 2.92. The Morgan fingerprint density at radius 3 is 2.66 bits per heavy atom. The van der Waals surface area contributed by atoms with Crippen molar-refractivity contribution < 1.29 is 54.7 Å². The Kier molecular flexibility index (Phi) is 9.29. The molecule has 1 fully saturated rings. The molecule has 224 valence electrons. The molecule has 41 heavy (non-hydrogen) atoms. The van der Waals surface area contributed by atoms with Gasteiger partial charge in [-0.15, -0.1) is 0 Å². The molecule has 1 N–H and O–H groups in total. The molecule has 2 aromatic rings. The Bertz CT molecular complexity index is 1370. The van der Waals surface area contributed by atoms with Crippen molar-refractivity contribution in [3.63, 3.8) is 0 Å². The van der Waals surface area contributed by atoms with E-state index in [1.807, 2.05) is 0 Å². The van der Waals surface area contributed by atoms with E-state index in [4.69, 9.17) is 14.2 Å². The topological polar surface area (TPSA) is 132 Å². The van der Waals surface area contributed by atoms with Crippen LogP contribution in [0.15, 0.2) is 42.5 Å². The molecular weight excluding hydrogens is 573 g/mol. The van der Waals surface area contributed by atoms with Gasteiger partial charge in [0.1, 0.15) is 11.5 Å². The number of amides is 2. The van der Waals surface area contributed by atoms with Crippen molar-refractivity contribution in [1.82, 2.24) is 4.90 Å². The van der Waals surface area contributed by atoms with Crippen molar-refractivity contribution >= 4 is 27.8 Å². The summed E-state index contributed by atoms with van der Waals surface area (Å²) in [5, 5.41) is 9.55.